The average molecular weight is 419 g/mol. The molecule has 0 radical (unpaired) electrons. The minimum absolute atomic E-state index is 0.140. The van der Waals surface area contributed by atoms with Gasteiger partial charge in [-0.05, 0) is 43.9 Å². The highest BCUT2D eigenvalue weighted by Gasteiger charge is 2.48. The van der Waals surface area contributed by atoms with E-state index in [4.69, 9.17) is 4.74 Å². The highest BCUT2D eigenvalue weighted by molar-refractivity contribution is 5.73. The van der Waals surface area contributed by atoms with Gasteiger partial charge in [-0.1, -0.05) is 19.3 Å². The second-order valence-corrected chi connectivity index (χ2v) is 8.71. The van der Waals surface area contributed by atoms with Gasteiger partial charge in [-0.25, -0.2) is 0 Å². The van der Waals surface area contributed by atoms with Crippen molar-refractivity contribution < 1.29 is 23.0 Å². The molecule has 2 fully saturated rings. The van der Waals surface area contributed by atoms with Gasteiger partial charge >= 0.3 is 6.18 Å². The van der Waals surface area contributed by atoms with Gasteiger partial charge in [-0.15, -0.1) is 10.2 Å². The van der Waals surface area contributed by atoms with E-state index in [2.05, 4.69) is 15.5 Å². The van der Waals surface area contributed by atoms with Gasteiger partial charge in [0.1, 0.15) is 11.4 Å². The Morgan fingerprint density at radius 2 is 1.83 bits per heavy atom. The van der Waals surface area contributed by atoms with E-state index >= 15 is 0 Å². The van der Waals surface area contributed by atoms with Crippen molar-refractivity contribution in [3.05, 3.63) is 34.9 Å². The molecule has 1 aromatic carbocycles. The smallest absolute Gasteiger partial charge is 0.416 e. The number of anilines is 1. The molecule has 3 aliphatic rings. The SMILES string of the molecule is Oc1cc(C(F)(F)F)ccc1-c1nnc(NC2CCCCC2)c2c1COC1(CC1)C2. The highest BCUT2D eigenvalue weighted by Crippen LogP contribution is 2.49. The average Bonchev–Trinajstić information content (AvgIpc) is 3.47. The lowest BCUT2D eigenvalue weighted by Gasteiger charge is -2.30. The van der Waals surface area contributed by atoms with Crippen molar-refractivity contribution in [2.45, 2.75) is 75.8 Å². The van der Waals surface area contributed by atoms with E-state index in [9.17, 15) is 18.3 Å². The van der Waals surface area contributed by atoms with Crippen molar-refractivity contribution in [3.8, 4) is 17.0 Å². The summed E-state index contributed by atoms with van der Waals surface area (Å²) in [4.78, 5) is 0. The Balaban J connectivity index is 1.54. The van der Waals surface area contributed by atoms with E-state index in [1.165, 1.54) is 25.3 Å². The van der Waals surface area contributed by atoms with Crippen LogP contribution in [0.3, 0.4) is 0 Å². The summed E-state index contributed by atoms with van der Waals surface area (Å²) in [5.74, 6) is 0.294. The molecule has 2 N–H and O–H groups in total. The maximum absolute atomic E-state index is 13.0. The third-order valence-corrected chi connectivity index (χ3v) is 6.54. The monoisotopic (exact) mass is 419 g/mol. The Morgan fingerprint density at radius 1 is 1.07 bits per heavy atom. The standard InChI is InChI=1S/C22H24F3N3O2/c23-22(24,25)13-6-7-15(18(29)10-13)19-17-12-30-21(8-9-21)11-16(17)20(28-27-19)26-14-4-2-1-3-5-14/h6-7,10,14,29H,1-5,8-9,11-12H2,(H,26,28). The Kier molecular flexibility index (Phi) is 4.65. The molecule has 160 valence electrons. The molecule has 0 unspecified atom stereocenters. The predicted octanol–water partition coefficient (Wildman–Crippen LogP) is 5.22. The van der Waals surface area contributed by atoms with Gasteiger partial charge in [0.05, 0.1) is 17.8 Å². The van der Waals surface area contributed by atoms with Crippen LogP contribution in [0.2, 0.25) is 0 Å². The van der Waals surface area contributed by atoms with E-state index in [-0.39, 0.29) is 11.2 Å². The summed E-state index contributed by atoms with van der Waals surface area (Å²) in [6.07, 6.45) is 4.02. The van der Waals surface area contributed by atoms with E-state index in [1.807, 2.05) is 0 Å². The highest BCUT2D eigenvalue weighted by atomic mass is 19.4. The number of alkyl halides is 3. The summed E-state index contributed by atoms with van der Waals surface area (Å²) >= 11 is 0. The maximum atomic E-state index is 13.0. The number of rotatable bonds is 3. The number of halogens is 3. The van der Waals surface area contributed by atoms with Gasteiger partial charge in [-0.3, -0.25) is 0 Å². The molecule has 5 nitrogen and oxygen atoms in total. The third-order valence-electron chi connectivity index (χ3n) is 6.54. The van der Waals surface area contributed by atoms with E-state index < -0.39 is 17.5 Å². The molecule has 2 heterocycles. The molecule has 1 spiro atoms. The zero-order valence-corrected chi connectivity index (χ0v) is 16.6. The van der Waals surface area contributed by atoms with Crippen LogP contribution < -0.4 is 5.32 Å². The van der Waals surface area contributed by atoms with Crippen LogP contribution in [0.5, 0.6) is 5.75 Å². The van der Waals surface area contributed by atoms with Crippen molar-refractivity contribution >= 4 is 5.82 Å². The number of hydrogen-bond donors (Lipinski definition) is 2. The molecular formula is C22H24F3N3O2. The fourth-order valence-corrected chi connectivity index (χ4v) is 4.59. The molecular weight excluding hydrogens is 395 g/mol. The number of phenolic OH excluding ortho intramolecular Hbond substituents is 1. The fraction of sp³-hybridized carbons (Fsp3) is 0.545. The number of nitrogens with zero attached hydrogens (tertiary/aromatic N) is 2. The lowest BCUT2D eigenvalue weighted by Crippen LogP contribution is -2.29. The normalized spacial score (nSPS) is 20.8. The van der Waals surface area contributed by atoms with Crippen molar-refractivity contribution in [2.24, 2.45) is 0 Å². The Bertz CT molecular complexity index is 967. The first-order chi connectivity index (χ1) is 14.3. The van der Waals surface area contributed by atoms with E-state index in [0.29, 0.717) is 24.8 Å². The number of ether oxygens (including phenoxy) is 1. The first-order valence-electron chi connectivity index (χ1n) is 10.5. The Labute approximate surface area is 172 Å². The van der Waals surface area contributed by atoms with Gasteiger partial charge < -0.3 is 15.2 Å². The summed E-state index contributed by atoms with van der Waals surface area (Å²) in [5, 5.41) is 22.6. The quantitative estimate of drug-likeness (QED) is 0.714. The van der Waals surface area contributed by atoms with Crippen LogP contribution in [0.15, 0.2) is 18.2 Å². The Morgan fingerprint density at radius 3 is 2.50 bits per heavy atom. The lowest BCUT2D eigenvalue weighted by atomic mass is 9.92. The van der Waals surface area contributed by atoms with Crippen LogP contribution >= 0.6 is 0 Å². The second-order valence-electron chi connectivity index (χ2n) is 8.71. The van der Waals surface area contributed by atoms with Crippen molar-refractivity contribution in [3.63, 3.8) is 0 Å². The third kappa shape index (κ3) is 3.62. The molecule has 0 atom stereocenters. The van der Waals surface area contributed by atoms with E-state index in [1.54, 1.807) is 0 Å². The van der Waals surface area contributed by atoms with Gasteiger partial charge in [0, 0.05) is 29.2 Å². The number of aromatic nitrogens is 2. The second kappa shape index (κ2) is 7.11. The predicted molar refractivity (Wildman–Crippen MR) is 105 cm³/mol. The van der Waals surface area contributed by atoms with Gasteiger partial charge in [0.15, 0.2) is 5.82 Å². The van der Waals surface area contributed by atoms with Crippen LogP contribution in [0, 0.1) is 0 Å². The van der Waals surface area contributed by atoms with Crippen LogP contribution in [-0.4, -0.2) is 26.9 Å². The molecule has 0 amide bonds. The number of phenols is 1. The zero-order chi connectivity index (χ0) is 20.9. The molecule has 1 aliphatic heterocycles. The molecule has 0 bridgehead atoms. The zero-order valence-electron chi connectivity index (χ0n) is 16.6. The number of benzene rings is 1. The Hall–Kier alpha value is -2.35. The topological polar surface area (TPSA) is 67.3 Å². The number of nitrogens with one attached hydrogen (secondary N) is 1. The van der Waals surface area contributed by atoms with Gasteiger partial charge in [-0.2, -0.15) is 13.2 Å². The summed E-state index contributed by atoms with van der Waals surface area (Å²) < 4.78 is 45.0. The molecule has 30 heavy (non-hydrogen) atoms. The fourth-order valence-electron chi connectivity index (χ4n) is 4.59. The molecule has 8 heteroatoms. The first kappa shape index (κ1) is 19.6. The molecule has 1 aromatic heterocycles. The summed E-state index contributed by atoms with van der Waals surface area (Å²) in [6.45, 7) is 0.319. The minimum atomic E-state index is -4.52. The van der Waals surface area contributed by atoms with Crippen molar-refractivity contribution in [1.29, 1.82) is 0 Å². The van der Waals surface area contributed by atoms with Crippen molar-refractivity contribution in [1.82, 2.24) is 10.2 Å². The lowest BCUT2D eigenvalue weighted by molar-refractivity contribution is -0.137. The van der Waals surface area contributed by atoms with Gasteiger partial charge in [0.25, 0.3) is 0 Å². The molecule has 2 aliphatic carbocycles. The van der Waals surface area contributed by atoms with Crippen molar-refractivity contribution in [2.75, 3.05) is 5.32 Å². The molecule has 2 aromatic rings. The van der Waals surface area contributed by atoms with Crippen LogP contribution in [0.25, 0.3) is 11.3 Å². The molecule has 5 rings (SSSR count). The van der Waals surface area contributed by atoms with Crippen LogP contribution in [0.4, 0.5) is 19.0 Å². The molecule has 2 saturated carbocycles. The summed E-state index contributed by atoms with van der Waals surface area (Å²) in [7, 11) is 0. The van der Waals surface area contributed by atoms with Crippen LogP contribution in [0.1, 0.15) is 61.6 Å². The number of fused-ring (bicyclic) bond motifs is 1. The summed E-state index contributed by atoms with van der Waals surface area (Å²) in [5.41, 5.74) is 1.42. The molecule has 0 saturated heterocycles. The largest absolute Gasteiger partial charge is 0.507 e. The van der Waals surface area contributed by atoms with E-state index in [0.717, 1.165) is 54.8 Å². The summed E-state index contributed by atoms with van der Waals surface area (Å²) in [6, 6.07) is 3.33. The number of hydrogen-bond acceptors (Lipinski definition) is 5. The minimum Gasteiger partial charge on any atom is -0.507 e. The number of aromatic hydroxyl groups is 1. The van der Waals surface area contributed by atoms with Gasteiger partial charge in [0.2, 0.25) is 0 Å². The first-order valence-corrected chi connectivity index (χ1v) is 10.5. The van der Waals surface area contributed by atoms with Crippen LogP contribution in [-0.2, 0) is 23.9 Å². The maximum Gasteiger partial charge on any atom is 0.416 e.